The molecule has 0 atom stereocenters. The highest BCUT2D eigenvalue weighted by atomic mass is 16.5. The zero-order chi connectivity index (χ0) is 21.3. The molecule has 3 rings (SSSR count). The quantitative estimate of drug-likeness (QED) is 0.638. The van der Waals surface area contributed by atoms with Crippen LogP contribution in [0, 0.1) is 5.92 Å². The van der Waals surface area contributed by atoms with Gasteiger partial charge < -0.3 is 14.5 Å². The highest BCUT2D eigenvalue weighted by Crippen LogP contribution is 2.23. The lowest BCUT2D eigenvalue weighted by atomic mass is 9.94. The zero-order valence-corrected chi connectivity index (χ0v) is 18.1. The van der Waals surface area contributed by atoms with Crippen LogP contribution in [0.3, 0.4) is 0 Å². The van der Waals surface area contributed by atoms with Crippen molar-refractivity contribution in [1.29, 1.82) is 0 Å². The Bertz CT molecular complexity index is 715. The fourth-order valence-electron chi connectivity index (χ4n) is 4.35. The molecule has 2 heterocycles. The number of nitrogens with zero attached hydrogens (tertiary/aromatic N) is 2. The maximum absolute atomic E-state index is 12.8. The lowest BCUT2D eigenvalue weighted by Crippen LogP contribution is -2.44. The molecule has 0 saturated carbocycles. The predicted molar refractivity (Wildman–Crippen MR) is 116 cm³/mol. The summed E-state index contributed by atoms with van der Waals surface area (Å²) in [6, 6.07) is 7.06. The number of piperidine rings is 1. The number of rotatable bonds is 7. The van der Waals surface area contributed by atoms with E-state index in [0.29, 0.717) is 25.3 Å². The molecule has 164 valence electrons. The fraction of sp³-hybridized carbons (Fsp3) is 0.625. The summed E-state index contributed by atoms with van der Waals surface area (Å²) in [5, 5.41) is 0. The van der Waals surface area contributed by atoms with Crippen molar-refractivity contribution in [2.75, 3.05) is 32.8 Å². The summed E-state index contributed by atoms with van der Waals surface area (Å²) in [6.45, 7) is 5.48. The lowest BCUT2D eigenvalue weighted by Gasteiger charge is -2.34. The Kier molecular flexibility index (Phi) is 8.29. The molecule has 0 N–H and O–H groups in total. The number of ether oxygens (including phenoxy) is 1. The average molecular weight is 415 g/mol. The van der Waals surface area contributed by atoms with E-state index in [4.69, 9.17) is 4.74 Å². The van der Waals surface area contributed by atoms with Crippen LogP contribution in [0.25, 0.3) is 0 Å². The van der Waals surface area contributed by atoms with Gasteiger partial charge in [0.1, 0.15) is 5.75 Å². The molecule has 6 heteroatoms. The smallest absolute Gasteiger partial charge is 0.225 e. The molecule has 0 aromatic heterocycles. The van der Waals surface area contributed by atoms with E-state index in [1.165, 1.54) is 12.8 Å². The van der Waals surface area contributed by atoms with E-state index in [0.717, 1.165) is 44.5 Å². The van der Waals surface area contributed by atoms with Gasteiger partial charge in [0.25, 0.3) is 0 Å². The van der Waals surface area contributed by atoms with Crippen LogP contribution in [0.4, 0.5) is 0 Å². The summed E-state index contributed by atoms with van der Waals surface area (Å²) < 4.78 is 5.39. The van der Waals surface area contributed by atoms with Gasteiger partial charge in [-0.05, 0) is 56.9 Å². The first-order valence-corrected chi connectivity index (χ1v) is 11.4. The van der Waals surface area contributed by atoms with Gasteiger partial charge >= 0.3 is 0 Å². The van der Waals surface area contributed by atoms with Crippen LogP contribution in [-0.4, -0.2) is 60.2 Å². The van der Waals surface area contributed by atoms with Crippen LogP contribution in [0.5, 0.6) is 5.75 Å². The van der Waals surface area contributed by atoms with Gasteiger partial charge in [-0.2, -0.15) is 0 Å². The van der Waals surface area contributed by atoms with E-state index in [1.807, 2.05) is 16.7 Å². The molecule has 1 aromatic rings. The van der Waals surface area contributed by atoms with Crippen molar-refractivity contribution in [3.63, 3.8) is 0 Å². The Morgan fingerprint density at radius 2 is 1.50 bits per heavy atom. The van der Waals surface area contributed by atoms with Gasteiger partial charge in [0.2, 0.25) is 11.8 Å². The number of carbonyl (C=O) groups is 3. The fourth-order valence-corrected chi connectivity index (χ4v) is 4.35. The molecular weight excluding hydrogens is 380 g/mol. The topological polar surface area (TPSA) is 66.9 Å². The number of carbonyl (C=O) groups excluding carboxylic acids is 3. The van der Waals surface area contributed by atoms with E-state index in [-0.39, 0.29) is 36.4 Å². The second kappa shape index (κ2) is 11.1. The first kappa shape index (κ1) is 22.3. The van der Waals surface area contributed by atoms with Crippen molar-refractivity contribution in [2.24, 2.45) is 5.92 Å². The summed E-state index contributed by atoms with van der Waals surface area (Å²) in [4.78, 5) is 41.6. The Labute approximate surface area is 179 Å². The van der Waals surface area contributed by atoms with Crippen LogP contribution in [0.1, 0.15) is 68.6 Å². The predicted octanol–water partition coefficient (Wildman–Crippen LogP) is 3.69. The summed E-state index contributed by atoms with van der Waals surface area (Å²) in [7, 11) is 0. The van der Waals surface area contributed by atoms with Crippen molar-refractivity contribution in [3.8, 4) is 5.75 Å². The number of Topliss-reactive ketones (excluding diaryl/α,β-unsaturated/α-hetero) is 1. The molecule has 2 saturated heterocycles. The number of ketones is 1. The van der Waals surface area contributed by atoms with Gasteiger partial charge in [-0.25, -0.2) is 0 Å². The molecule has 2 amide bonds. The molecular formula is C24H34N2O4. The van der Waals surface area contributed by atoms with E-state index in [9.17, 15) is 14.4 Å². The number of likely N-dealkylation sites (tertiary alicyclic amines) is 2. The third-order valence-electron chi connectivity index (χ3n) is 6.17. The Morgan fingerprint density at radius 3 is 2.10 bits per heavy atom. The Hall–Kier alpha value is -2.37. The van der Waals surface area contributed by atoms with Gasteiger partial charge in [0.05, 0.1) is 6.61 Å². The molecule has 2 fully saturated rings. The third-order valence-corrected chi connectivity index (χ3v) is 6.17. The monoisotopic (exact) mass is 414 g/mol. The highest BCUT2D eigenvalue weighted by Gasteiger charge is 2.30. The van der Waals surface area contributed by atoms with Crippen molar-refractivity contribution in [2.45, 2.75) is 58.3 Å². The Balaban J connectivity index is 1.41. The van der Waals surface area contributed by atoms with Gasteiger partial charge in [0, 0.05) is 50.5 Å². The van der Waals surface area contributed by atoms with Gasteiger partial charge in [-0.15, -0.1) is 0 Å². The first-order valence-electron chi connectivity index (χ1n) is 11.4. The van der Waals surface area contributed by atoms with Gasteiger partial charge in [-0.3, -0.25) is 14.4 Å². The molecule has 2 aliphatic heterocycles. The SMILES string of the molecule is CCOc1ccc(C(=O)CCC(=O)N2CCC(C(=O)N3CCCCCC3)CC2)cc1. The molecule has 0 bridgehead atoms. The van der Waals surface area contributed by atoms with E-state index < -0.39 is 0 Å². The van der Waals surface area contributed by atoms with Crippen molar-refractivity contribution >= 4 is 17.6 Å². The molecule has 1 aromatic carbocycles. The molecule has 0 unspecified atom stereocenters. The van der Waals surface area contributed by atoms with Crippen molar-refractivity contribution in [1.82, 2.24) is 9.80 Å². The first-order chi connectivity index (χ1) is 14.6. The zero-order valence-electron chi connectivity index (χ0n) is 18.1. The van der Waals surface area contributed by atoms with Crippen molar-refractivity contribution < 1.29 is 19.1 Å². The van der Waals surface area contributed by atoms with Crippen LogP contribution < -0.4 is 4.74 Å². The van der Waals surface area contributed by atoms with Crippen LogP contribution in [0.2, 0.25) is 0 Å². The summed E-state index contributed by atoms with van der Waals surface area (Å²) in [5.74, 6) is 1.03. The maximum atomic E-state index is 12.8. The maximum Gasteiger partial charge on any atom is 0.225 e. The van der Waals surface area contributed by atoms with Crippen LogP contribution in [0.15, 0.2) is 24.3 Å². The number of amides is 2. The number of hydrogen-bond donors (Lipinski definition) is 0. The summed E-state index contributed by atoms with van der Waals surface area (Å²) >= 11 is 0. The van der Waals surface area contributed by atoms with Crippen LogP contribution >= 0.6 is 0 Å². The molecule has 0 radical (unpaired) electrons. The van der Waals surface area contributed by atoms with Crippen molar-refractivity contribution in [3.05, 3.63) is 29.8 Å². The van der Waals surface area contributed by atoms with E-state index in [1.54, 1.807) is 24.3 Å². The van der Waals surface area contributed by atoms with Gasteiger partial charge in [-0.1, -0.05) is 12.8 Å². The molecule has 0 aliphatic carbocycles. The summed E-state index contributed by atoms with van der Waals surface area (Å²) in [5.41, 5.74) is 0.605. The summed E-state index contributed by atoms with van der Waals surface area (Å²) in [6.07, 6.45) is 6.52. The number of hydrogen-bond acceptors (Lipinski definition) is 4. The minimum absolute atomic E-state index is 0.00922. The molecule has 30 heavy (non-hydrogen) atoms. The minimum Gasteiger partial charge on any atom is -0.494 e. The number of benzene rings is 1. The second-order valence-corrected chi connectivity index (χ2v) is 8.28. The molecule has 0 spiro atoms. The normalized spacial score (nSPS) is 18.0. The lowest BCUT2D eigenvalue weighted by molar-refractivity contribution is -0.140. The third kappa shape index (κ3) is 6.07. The van der Waals surface area contributed by atoms with Gasteiger partial charge in [0.15, 0.2) is 5.78 Å². The minimum atomic E-state index is -0.0300. The molecule has 2 aliphatic rings. The average Bonchev–Trinajstić information content (AvgIpc) is 3.07. The standard InChI is InChI=1S/C24H34N2O4/c1-2-30-21-9-7-19(8-10-21)22(27)11-12-23(28)25-17-13-20(14-18-25)24(29)26-15-5-3-4-6-16-26/h7-10,20H,2-6,11-18H2,1H3. The Morgan fingerprint density at radius 1 is 0.867 bits per heavy atom. The second-order valence-electron chi connectivity index (χ2n) is 8.28. The largest absolute Gasteiger partial charge is 0.494 e. The molecule has 6 nitrogen and oxygen atoms in total. The van der Waals surface area contributed by atoms with E-state index >= 15 is 0 Å². The van der Waals surface area contributed by atoms with Crippen LogP contribution in [-0.2, 0) is 9.59 Å². The van der Waals surface area contributed by atoms with E-state index in [2.05, 4.69) is 0 Å². The highest BCUT2D eigenvalue weighted by molar-refractivity contribution is 5.98.